The Labute approximate surface area is 339 Å². The summed E-state index contributed by atoms with van der Waals surface area (Å²) in [4.78, 5) is 39.3. The molecule has 0 aromatic heterocycles. The second kappa shape index (κ2) is 29.3. The largest absolute Gasteiger partial charge is 0.394 e. The fourth-order valence-corrected chi connectivity index (χ4v) is 9.28. The lowest BCUT2D eigenvalue weighted by Gasteiger charge is -2.20. The highest BCUT2D eigenvalue weighted by Gasteiger charge is 2.29. The van der Waals surface area contributed by atoms with Gasteiger partial charge in [-0.3, -0.25) is 14.4 Å². The topological polar surface area (TPSA) is 168 Å². The van der Waals surface area contributed by atoms with Crippen molar-refractivity contribution in [2.75, 3.05) is 31.6 Å². The highest BCUT2D eigenvalue weighted by Crippen LogP contribution is 2.36. The predicted molar refractivity (Wildman–Crippen MR) is 224 cm³/mol. The maximum absolute atomic E-state index is 13.2. The summed E-state index contributed by atoms with van der Waals surface area (Å²) in [5, 5.41) is 45.7. The van der Waals surface area contributed by atoms with E-state index in [0.29, 0.717) is 22.8 Å². The standard InChI is InChI=1S/C37H54I3N3O7/c1-2-3-4-5-6-7-8-9-10-11-12-13-14-15-16-17-18-19-20-21-22-29(48)43-35-33(39)30(36(49)41-23-27(46)25-44)32(38)31(34(35)40)37(50)42-24-28(47)26-45/h27-28,44-47H,2-10,15-26H2,1H3,(H,41,49)(H,42,50)(H,43,48). The highest BCUT2D eigenvalue weighted by atomic mass is 127. The Kier molecular flexibility index (Phi) is 27.4. The van der Waals surface area contributed by atoms with Crippen LogP contribution in [-0.4, -0.2) is 76.7 Å². The van der Waals surface area contributed by atoms with Crippen molar-refractivity contribution in [1.29, 1.82) is 0 Å². The van der Waals surface area contributed by atoms with Crippen LogP contribution in [-0.2, 0) is 4.79 Å². The summed E-state index contributed by atoms with van der Waals surface area (Å²) in [5.41, 5.74) is 0.585. The Bertz CT molecular complexity index is 1270. The molecule has 0 aliphatic carbocycles. The van der Waals surface area contributed by atoms with Gasteiger partial charge in [0.1, 0.15) is 0 Å². The van der Waals surface area contributed by atoms with E-state index in [1.165, 1.54) is 44.9 Å². The molecule has 280 valence electrons. The molecule has 2 unspecified atom stereocenters. The number of halogens is 3. The summed E-state index contributed by atoms with van der Waals surface area (Å²) in [6.07, 6.45) is 15.9. The summed E-state index contributed by atoms with van der Waals surface area (Å²) >= 11 is 5.79. The fraction of sp³-hybridized carbons (Fsp3) is 0.649. The normalized spacial score (nSPS) is 11.8. The minimum absolute atomic E-state index is 0.135. The van der Waals surface area contributed by atoms with Crippen molar-refractivity contribution in [1.82, 2.24) is 10.6 Å². The van der Waals surface area contributed by atoms with Gasteiger partial charge in [0.25, 0.3) is 11.8 Å². The number of hydrogen-bond acceptors (Lipinski definition) is 7. The maximum Gasteiger partial charge on any atom is 0.253 e. The average Bonchev–Trinajstić information content (AvgIpc) is 3.10. The molecule has 0 saturated carbocycles. The van der Waals surface area contributed by atoms with Crippen molar-refractivity contribution >= 4 is 91.2 Å². The summed E-state index contributed by atoms with van der Waals surface area (Å²) < 4.78 is 1.16. The lowest BCUT2D eigenvalue weighted by atomic mass is 10.1. The number of rotatable bonds is 25. The molecule has 0 fully saturated rings. The average molecular weight is 1030 g/mol. The van der Waals surface area contributed by atoms with E-state index in [0.717, 1.165) is 51.4 Å². The van der Waals surface area contributed by atoms with Gasteiger partial charge in [0.15, 0.2) is 0 Å². The summed E-state index contributed by atoms with van der Waals surface area (Å²) in [5.74, 6) is 10.8. The molecule has 0 aliphatic rings. The molecular weight excluding hydrogens is 979 g/mol. The third-order valence-electron chi connectivity index (χ3n) is 7.80. The third kappa shape index (κ3) is 19.6. The number of hydrogen-bond donors (Lipinski definition) is 7. The fourth-order valence-electron chi connectivity index (χ4n) is 4.87. The number of unbranched alkanes of at least 4 members (excludes halogenated alkanes) is 14. The molecule has 0 bridgehead atoms. The van der Waals surface area contributed by atoms with Crippen LogP contribution in [0.25, 0.3) is 0 Å². The summed E-state index contributed by atoms with van der Waals surface area (Å²) in [6.45, 7) is 0.760. The second-order valence-corrected chi connectivity index (χ2v) is 15.4. The van der Waals surface area contributed by atoms with E-state index in [2.05, 4.69) is 46.6 Å². The predicted octanol–water partition coefficient (Wildman–Crippen LogP) is 6.26. The van der Waals surface area contributed by atoms with Crippen molar-refractivity contribution in [3.63, 3.8) is 0 Å². The molecule has 3 amide bonds. The van der Waals surface area contributed by atoms with E-state index in [1.54, 1.807) is 0 Å². The minimum Gasteiger partial charge on any atom is -0.394 e. The van der Waals surface area contributed by atoms with E-state index >= 15 is 0 Å². The zero-order chi connectivity index (χ0) is 37.1. The molecule has 0 spiro atoms. The number of amides is 3. The minimum atomic E-state index is -1.16. The molecule has 1 aromatic carbocycles. The number of carbonyl (C=O) groups is 3. The number of aliphatic hydroxyl groups excluding tert-OH is 4. The van der Waals surface area contributed by atoms with Crippen molar-refractivity contribution < 1.29 is 34.8 Å². The Morgan fingerprint density at radius 2 is 1.02 bits per heavy atom. The smallest absolute Gasteiger partial charge is 0.253 e. The van der Waals surface area contributed by atoms with Gasteiger partial charge in [0.2, 0.25) is 5.91 Å². The monoisotopic (exact) mass is 1030 g/mol. The van der Waals surface area contributed by atoms with E-state index in [1.807, 2.05) is 67.8 Å². The molecule has 0 radical (unpaired) electrons. The van der Waals surface area contributed by atoms with Crippen LogP contribution in [0, 0.1) is 34.4 Å². The Balaban J connectivity index is 2.58. The molecule has 1 aromatic rings. The van der Waals surface area contributed by atoms with Crippen LogP contribution in [0.2, 0.25) is 0 Å². The second-order valence-electron chi connectivity index (χ2n) is 12.2. The van der Waals surface area contributed by atoms with Gasteiger partial charge in [0.05, 0.1) is 49.4 Å². The van der Waals surface area contributed by atoms with E-state index in [-0.39, 0.29) is 36.5 Å². The first-order valence-corrected chi connectivity index (χ1v) is 20.9. The lowest BCUT2D eigenvalue weighted by Crippen LogP contribution is -2.37. The Hall–Kier alpha value is -1.22. The van der Waals surface area contributed by atoms with Gasteiger partial charge in [-0.2, -0.15) is 0 Å². The first-order chi connectivity index (χ1) is 24.1. The molecule has 50 heavy (non-hydrogen) atoms. The number of nitrogens with one attached hydrogen (secondary N) is 3. The first kappa shape index (κ1) is 46.8. The van der Waals surface area contributed by atoms with Gasteiger partial charge in [-0.25, -0.2) is 0 Å². The van der Waals surface area contributed by atoms with Gasteiger partial charge in [-0.05, 0) is 98.9 Å². The van der Waals surface area contributed by atoms with Crippen LogP contribution in [0.1, 0.15) is 137 Å². The molecule has 0 heterocycles. The van der Waals surface area contributed by atoms with Crippen LogP contribution >= 0.6 is 67.8 Å². The molecule has 13 heteroatoms. The summed E-state index contributed by atoms with van der Waals surface area (Å²) in [7, 11) is 0. The van der Waals surface area contributed by atoms with Crippen molar-refractivity contribution in [3.05, 3.63) is 21.8 Å². The zero-order valence-corrected chi connectivity index (χ0v) is 35.6. The molecule has 0 saturated heterocycles. The van der Waals surface area contributed by atoms with E-state index in [4.69, 9.17) is 10.2 Å². The van der Waals surface area contributed by atoms with Gasteiger partial charge >= 0.3 is 0 Å². The van der Waals surface area contributed by atoms with Crippen molar-refractivity contribution in [2.24, 2.45) is 0 Å². The quantitative estimate of drug-likeness (QED) is 0.0345. The SMILES string of the molecule is CCCCCCCCCCC#CC#CCCCCCCCCC(=O)Nc1c(I)c(C(=O)NCC(O)CO)c(I)c(C(=O)NCC(O)CO)c1I. The molecule has 0 aliphatic heterocycles. The lowest BCUT2D eigenvalue weighted by molar-refractivity contribution is -0.116. The third-order valence-corrected chi connectivity index (χ3v) is 11.0. The van der Waals surface area contributed by atoms with E-state index < -0.39 is 37.2 Å². The van der Waals surface area contributed by atoms with Crippen LogP contribution < -0.4 is 16.0 Å². The molecule has 1 rings (SSSR count). The Morgan fingerprint density at radius 1 is 0.620 bits per heavy atom. The molecular formula is C37H54I3N3O7. The van der Waals surface area contributed by atoms with Crippen molar-refractivity contribution in [2.45, 2.75) is 128 Å². The van der Waals surface area contributed by atoms with Crippen LogP contribution in [0.3, 0.4) is 0 Å². The number of anilines is 1. The van der Waals surface area contributed by atoms with Gasteiger partial charge in [0, 0.05) is 35.9 Å². The molecule has 7 N–H and O–H groups in total. The maximum atomic E-state index is 13.2. The first-order valence-electron chi connectivity index (χ1n) is 17.7. The Morgan fingerprint density at radius 3 is 1.44 bits per heavy atom. The van der Waals surface area contributed by atoms with Gasteiger partial charge < -0.3 is 36.4 Å². The summed E-state index contributed by atoms with van der Waals surface area (Å²) in [6, 6.07) is 0. The zero-order valence-electron chi connectivity index (χ0n) is 29.2. The van der Waals surface area contributed by atoms with Gasteiger partial charge in [-0.15, -0.1) is 0 Å². The number of aliphatic hydroxyl groups is 4. The van der Waals surface area contributed by atoms with Crippen LogP contribution in [0.5, 0.6) is 0 Å². The highest BCUT2D eigenvalue weighted by molar-refractivity contribution is 14.1. The van der Waals surface area contributed by atoms with Crippen LogP contribution in [0.4, 0.5) is 5.69 Å². The van der Waals surface area contributed by atoms with Gasteiger partial charge in [-0.1, -0.05) is 89.4 Å². The molecule has 10 nitrogen and oxygen atoms in total. The van der Waals surface area contributed by atoms with Crippen molar-refractivity contribution in [3.8, 4) is 23.7 Å². The number of benzene rings is 1. The number of carbonyl (C=O) groups excluding carboxylic acids is 3. The van der Waals surface area contributed by atoms with Crippen LogP contribution in [0.15, 0.2) is 0 Å². The van der Waals surface area contributed by atoms with E-state index in [9.17, 15) is 24.6 Å². The molecule has 2 atom stereocenters.